The molecule has 0 radical (unpaired) electrons. The molecule has 75 heavy (non-hydrogen) atoms. The highest BCUT2D eigenvalue weighted by atomic mass is 16.7. The van der Waals surface area contributed by atoms with Crippen molar-refractivity contribution >= 4 is 35.5 Å². The Morgan fingerprint density at radius 3 is 1.68 bits per heavy atom. The zero-order chi connectivity index (χ0) is 55.5. The predicted molar refractivity (Wildman–Crippen MR) is 255 cm³/mol. The first-order valence-electron chi connectivity index (χ1n) is 25.6. The number of ether oxygens (including phenoxy) is 6. The number of nitrogens with one attached hydrogen (secondary N) is 6. The fourth-order valence-electron chi connectivity index (χ4n) is 8.17. The van der Waals surface area contributed by atoms with Crippen LogP contribution in [0.15, 0.2) is 0 Å². The molecule has 3 fully saturated rings. The number of unbranched alkanes of at least 4 members (excludes halogenated alkanes) is 4. The van der Waals surface area contributed by atoms with Crippen molar-refractivity contribution in [1.29, 1.82) is 0 Å². The van der Waals surface area contributed by atoms with E-state index in [1.807, 2.05) is 0 Å². The van der Waals surface area contributed by atoms with Crippen LogP contribution in [0.4, 0.5) is 0 Å². The first-order valence-corrected chi connectivity index (χ1v) is 25.6. The number of aliphatic hydroxyl groups excluding tert-OH is 10. The highest BCUT2D eigenvalue weighted by molar-refractivity contribution is 5.87. The quantitative estimate of drug-likeness (QED) is 0.0259. The third-order valence-electron chi connectivity index (χ3n) is 12.5. The Morgan fingerprint density at radius 2 is 1.05 bits per heavy atom. The maximum Gasteiger partial charge on any atom is 0.303 e. The van der Waals surface area contributed by atoms with Crippen molar-refractivity contribution in [2.24, 2.45) is 0 Å². The molecule has 16 atom stereocenters. The second kappa shape index (κ2) is 35.5. The van der Waals surface area contributed by atoms with E-state index >= 15 is 0 Å². The lowest BCUT2D eigenvalue weighted by Gasteiger charge is -2.46. The van der Waals surface area contributed by atoms with E-state index in [0.29, 0.717) is 84.0 Å². The van der Waals surface area contributed by atoms with Gasteiger partial charge in [0, 0.05) is 51.9 Å². The van der Waals surface area contributed by atoms with Gasteiger partial charge in [0.05, 0.1) is 33.0 Å². The molecule has 0 aromatic heterocycles. The standard InChI is InChI=1S/C46H82N6O23/c1-2-48-32(58)21-47-16-10-14-31(57)52-25(43(69)51-18-8-3-4-15-33(59)60)11-7-9-17-49-29(55)12-5-6-13-30(56)50-19-20-70-45-41(68)42(75-46-40(67)38(65)35(62)27(23-54)73-46)36(63)28(74-45)24-71-44-39(66)37(64)34(61)26(22-53)72-44/h25-28,34-42,44-47,53-54,61-68H,2-24H2,1H3,(H,48,58)(H,49,55)(H,50,56)(H,51,69)(H,52,57)(H,59,60)/t25?,26-,27+,28-,34-,35+,36-,37+,38-,39+,40-,41+,42+,44+,45+,46+/m1/s1. The summed E-state index contributed by atoms with van der Waals surface area (Å²) in [6.45, 7) is 0.839. The van der Waals surface area contributed by atoms with Crippen molar-refractivity contribution in [3.63, 3.8) is 0 Å². The second-order valence-electron chi connectivity index (χ2n) is 18.5. The highest BCUT2D eigenvalue weighted by Crippen LogP contribution is 2.31. The number of carboxylic acid groups (broad SMARTS) is 1. The number of aliphatic carboxylic acids is 1. The van der Waals surface area contributed by atoms with Gasteiger partial charge in [-0.1, -0.05) is 6.42 Å². The minimum absolute atomic E-state index is 0.0337. The van der Waals surface area contributed by atoms with Crippen LogP contribution in [0, 0.1) is 0 Å². The van der Waals surface area contributed by atoms with Crippen LogP contribution < -0.4 is 31.9 Å². The molecule has 0 spiro atoms. The molecule has 0 bridgehead atoms. The Bertz CT molecular complexity index is 1710. The maximum atomic E-state index is 13.0. The Balaban J connectivity index is 1.42. The number of hydrogen-bond acceptors (Lipinski definition) is 23. The molecule has 434 valence electrons. The normalized spacial score (nSPS) is 30.2. The van der Waals surface area contributed by atoms with E-state index in [0.717, 1.165) is 0 Å². The molecule has 0 aromatic carbocycles. The number of carboxylic acids is 1. The van der Waals surface area contributed by atoms with E-state index in [-0.39, 0.29) is 69.0 Å². The summed E-state index contributed by atoms with van der Waals surface area (Å²) in [5, 5.41) is 129. The largest absolute Gasteiger partial charge is 0.481 e. The van der Waals surface area contributed by atoms with Gasteiger partial charge in [0.2, 0.25) is 29.5 Å². The first-order chi connectivity index (χ1) is 35.8. The van der Waals surface area contributed by atoms with Crippen molar-refractivity contribution in [3.05, 3.63) is 0 Å². The fraction of sp³-hybridized carbons (Fsp3) is 0.870. The molecular formula is C46H82N6O23. The number of hydrogen-bond donors (Lipinski definition) is 17. The fourth-order valence-corrected chi connectivity index (χ4v) is 8.17. The van der Waals surface area contributed by atoms with Crippen molar-refractivity contribution < 1.29 is 113 Å². The molecule has 29 nitrogen and oxygen atoms in total. The Labute approximate surface area is 434 Å². The summed E-state index contributed by atoms with van der Waals surface area (Å²) in [7, 11) is 0. The average molecular weight is 1090 g/mol. The Kier molecular flexibility index (Phi) is 31.0. The Hall–Kier alpha value is -3.86. The van der Waals surface area contributed by atoms with Gasteiger partial charge in [-0.25, -0.2) is 0 Å². The van der Waals surface area contributed by atoms with Gasteiger partial charge in [-0.2, -0.15) is 0 Å². The number of carbonyl (C=O) groups excluding carboxylic acids is 5. The lowest BCUT2D eigenvalue weighted by atomic mass is 9.96. The minimum Gasteiger partial charge on any atom is -0.481 e. The molecule has 0 aromatic rings. The second-order valence-corrected chi connectivity index (χ2v) is 18.5. The molecule has 5 amide bonds. The molecule has 0 saturated carbocycles. The number of likely N-dealkylation sites (N-methyl/N-ethyl adjacent to an activating group) is 1. The zero-order valence-electron chi connectivity index (χ0n) is 42.3. The molecule has 1 unspecified atom stereocenters. The molecule has 3 aliphatic rings. The van der Waals surface area contributed by atoms with E-state index in [4.69, 9.17) is 33.5 Å². The Morgan fingerprint density at radius 1 is 0.507 bits per heavy atom. The van der Waals surface area contributed by atoms with E-state index in [9.17, 15) is 79.8 Å². The SMILES string of the molecule is CCNC(=O)CNCCCC(=O)NC(CCCCNC(=O)CCCCC(=O)NCCO[C@H]1O[C@H](CO[C@H]2O[C@H](CO)[C@@H](O)[C@H](O)[C@@H]2O)[C@@H](O)[C@H](O[C@@H]2O[C@@H](CO)[C@H](O)[C@@H](O)[C@H]2O)[C@@H]1O)C(=O)NCCCCCC(=O)O. The first kappa shape index (κ1) is 65.4. The number of carbonyl (C=O) groups is 6. The van der Waals surface area contributed by atoms with Gasteiger partial charge < -0.3 is 116 Å². The van der Waals surface area contributed by atoms with Crippen molar-refractivity contribution in [2.45, 2.75) is 189 Å². The van der Waals surface area contributed by atoms with Crippen molar-refractivity contribution in [2.75, 3.05) is 65.7 Å². The van der Waals surface area contributed by atoms with Gasteiger partial charge in [-0.05, 0) is 64.8 Å². The lowest BCUT2D eigenvalue weighted by molar-refractivity contribution is -0.366. The molecule has 0 aliphatic carbocycles. The molecular weight excluding hydrogens is 1000 g/mol. The summed E-state index contributed by atoms with van der Waals surface area (Å²) < 4.78 is 33.4. The van der Waals surface area contributed by atoms with Gasteiger partial charge in [0.1, 0.15) is 79.3 Å². The molecule has 3 rings (SSSR count). The van der Waals surface area contributed by atoms with Crippen LogP contribution in [-0.2, 0) is 57.2 Å². The summed E-state index contributed by atoms with van der Waals surface area (Å²) in [4.78, 5) is 73.3. The van der Waals surface area contributed by atoms with E-state index in [1.165, 1.54) is 0 Å². The summed E-state index contributed by atoms with van der Waals surface area (Å²) >= 11 is 0. The van der Waals surface area contributed by atoms with Crippen molar-refractivity contribution in [1.82, 2.24) is 31.9 Å². The summed E-state index contributed by atoms with van der Waals surface area (Å²) in [6.07, 6.45) is -21.2. The average Bonchev–Trinajstić information content (AvgIpc) is 3.38. The van der Waals surface area contributed by atoms with Gasteiger partial charge in [-0.3, -0.25) is 28.8 Å². The van der Waals surface area contributed by atoms with Crippen LogP contribution >= 0.6 is 0 Å². The lowest BCUT2D eigenvalue weighted by Crippen LogP contribution is -2.65. The van der Waals surface area contributed by atoms with Gasteiger partial charge in [-0.15, -0.1) is 0 Å². The monoisotopic (exact) mass is 1090 g/mol. The topological polar surface area (TPSA) is 453 Å². The van der Waals surface area contributed by atoms with E-state index < -0.39 is 130 Å². The summed E-state index contributed by atoms with van der Waals surface area (Å²) in [5.41, 5.74) is 0. The minimum atomic E-state index is -1.93. The molecule has 29 heteroatoms. The smallest absolute Gasteiger partial charge is 0.303 e. The third kappa shape index (κ3) is 22.9. The summed E-state index contributed by atoms with van der Waals surface area (Å²) in [5.74, 6) is -2.41. The highest BCUT2D eigenvalue weighted by Gasteiger charge is 2.52. The predicted octanol–water partition coefficient (Wildman–Crippen LogP) is -6.83. The summed E-state index contributed by atoms with van der Waals surface area (Å²) in [6, 6.07) is -0.831. The van der Waals surface area contributed by atoms with Crippen LogP contribution in [0.3, 0.4) is 0 Å². The van der Waals surface area contributed by atoms with Gasteiger partial charge in [0.15, 0.2) is 18.9 Å². The maximum absolute atomic E-state index is 13.0. The molecule has 17 N–H and O–H groups in total. The number of amides is 5. The third-order valence-corrected chi connectivity index (χ3v) is 12.5. The number of aliphatic hydroxyl groups is 10. The molecule has 3 heterocycles. The van der Waals surface area contributed by atoms with Crippen molar-refractivity contribution in [3.8, 4) is 0 Å². The van der Waals surface area contributed by atoms with Crippen LogP contribution in [0.2, 0.25) is 0 Å². The van der Waals surface area contributed by atoms with Gasteiger partial charge in [0.25, 0.3) is 0 Å². The van der Waals surface area contributed by atoms with E-state index in [1.54, 1.807) is 6.92 Å². The van der Waals surface area contributed by atoms with Crippen LogP contribution in [0.5, 0.6) is 0 Å². The van der Waals surface area contributed by atoms with Crippen LogP contribution in [-0.4, -0.2) is 256 Å². The van der Waals surface area contributed by atoms with E-state index in [2.05, 4.69) is 31.9 Å². The van der Waals surface area contributed by atoms with Crippen LogP contribution in [0.1, 0.15) is 90.4 Å². The molecule has 3 aliphatic heterocycles. The zero-order valence-corrected chi connectivity index (χ0v) is 42.3. The van der Waals surface area contributed by atoms with Gasteiger partial charge >= 0.3 is 5.97 Å². The number of rotatable bonds is 36. The molecule has 3 saturated heterocycles. The van der Waals surface area contributed by atoms with Crippen LogP contribution in [0.25, 0.3) is 0 Å².